The summed E-state index contributed by atoms with van der Waals surface area (Å²) < 4.78 is 2.54. The molecule has 48 heavy (non-hydrogen) atoms. The Hall–Kier alpha value is -6.12. The van der Waals surface area contributed by atoms with Crippen molar-refractivity contribution in [1.29, 1.82) is 0 Å². The average molecular weight is 611 g/mol. The van der Waals surface area contributed by atoms with Gasteiger partial charge in [0.1, 0.15) is 0 Å². The van der Waals surface area contributed by atoms with Gasteiger partial charge in [0, 0.05) is 39.1 Å². The summed E-state index contributed by atoms with van der Waals surface area (Å²) in [5.41, 5.74) is 7.59. The van der Waals surface area contributed by atoms with Crippen LogP contribution in [0, 0.1) is 0 Å². The van der Waals surface area contributed by atoms with Crippen molar-refractivity contribution >= 4 is 76.3 Å². The molecule has 2 nitrogen and oxygen atoms in total. The van der Waals surface area contributed by atoms with Crippen molar-refractivity contribution in [2.45, 2.75) is 12.0 Å². The standard InChI is InChI=1S/C46H30N2/c1-2-13-31-27-32(23-21-29(31)11-1)47-41-20-10-9-17-37(41)40-28-33(24-26-42(40)47)48-43-25-22-30-12-3-4-14-34(30)44(43)45-38-18-7-5-15-35(38)36-16-6-8-19-39(36)46(45)48/h1-28,37,41H. The second-order valence-corrected chi connectivity index (χ2v) is 13.3. The van der Waals surface area contributed by atoms with Crippen LogP contribution in [0.25, 0.3) is 70.6 Å². The van der Waals surface area contributed by atoms with Crippen molar-refractivity contribution in [1.82, 2.24) is 4.57 Å². The van der Waals surface area contributed by atoms with Crippen molar-refractivity contribution in [3.8, 4) is 5.69 Å². The Kier molecular flexibility index (Phi) is 5.25. The van der Waals surface area contributed by atoms with Gasteiger partial charge < -0.3 is 9.47 Å². The number of benzene rings is 8. The molecule has 0 amide bonds. The molecule has 0 saturated carbocycles. The highest BCUT2D eigenvalue weighted by Gasteiger charge is 2.38. The number of hydrogen-bond acceptors (Lipinski definition) is 1. The molecule has 1 aliphatic heterocycles. The third-order valence-electron chi connectivity index (χ3n) is 10.8. The first-order chi connectivity index (χ1) is 23.8. The van der Waals surface area contributed by atoms with Gasteiger partial charge in [-0.05, 0) is 79.7 Å². The third kappa shape index (κ3) is 3.47. The normalized spacial score (nSPS) is 17.0. The Morgan fingerprint density at radius 3 is 1.94 bits per heavy atom. The van der Waals surface area contributed by atoms with Crippen LogP contribution in [0.4, 0.5) is 11.4 Å². The Balaban J connectivity index is 1.23. The maximum atomic E-state index is 2.54. The van der Waals surface area contributed by atoms with E-state index in [1.807, 2.05) is 0 Å². The van der Waals surface area contributed by atoms with Crippen LogP contribution in [0.1, 0.15) is 11.5 Å². The molecule has 0 bridgehead atoms. The van der Waals surface area contributed by atoms with Gasteiger partial charge in [-0.1, -0.05) is 133 Å². The van der Waals surface area contributed by atoms with Gasteiger partial charge in [-0.15, -0.1) is 0 Å². The predicted octanol–water partition coefficient (Wildman–Crippen LogP) is 12.1. The van der Waals surface area contributed by atoms with E-state index in [0.29, 0.717) is 0 Å². The molecular formula is C46H30N2. The zero-order chi connectivity index (χ0) is 31.3. The topological polar surface area (TPSA) is 8.17 Å². The summed E-state index contributed by atoms with van der Waals surface area (Å²) in [4.78, 5) is 2.54. The quantitative estimate of drug-likeness (QED) is 0.177. The molecule has 224 valence electrons. The van der Waals surface area contributed by atoms with Gasteiger partial charge in [-0.3, -0.25) is 0 Å². The van der Waals surface area contributed by atoms with Crippen LogP contribution < -0.4 is 4.90 Å². The maximum absolute atomic E-state index is 2.54. The summed E-state index contributed by atoms with van der Waals surface area (Å²) in [6.45, 7) is 0. The molecule has 2 heteroatoms. The minimum atomic E-state index is 0.230. The number of hydrogen-bond donors (Lipinski definition) is 0. The van der Waals surface area contributed by atoms with Crippen LogP contribution in [-0.4, -0.2) is 10.6 Å². The van der Waals surface area contributed by atoms with Crippen LogP contribution in [0.5, 0.6) is 0 Å². The van der Waals surface area contributed by atoms with Crippen LogP contribution >= 0.6 is 0 Å². The summed E-state index contributed by atoms with van der Waals surface area (Å²) in [5, 5.41) is 12.9. The monoisotopic (exact) mass is 610 g/mol. The molecule has 1 aliphatic carbocycles. The first kappa shape index (κ1) is 26.0. The predicted molar refractivity (Wildman–Crippen MR) is 204 cm³/mol. The summed E-state index contributed by atoms with van der Waals surface area (Å²) >= 11 is 0. The third-order valence-corrected chi connectivity index (χ3v) is 10.8. The molecule has 2 aliphatic rings. The molecule has 0 N–H and O–H groups in total. The second-order valence-electron chi connectivity index (χ2n) is 13.3. The average Bonchev–Trinajstić information content (AvgIpc) is 3.68. The van der Waals surface area contributed by atoms with Crippen molar-refractivity contribution in [2.24, 2.45) is 0 Å². The zero-order valence-corrected chi connectivity index (χ0v) is 26.2. The van der Waals surface area contributed by atoms with Crippen LogP contribution in [0.15, 0.2) is 170 Å². The van der Waals surface area contributed by atoms with Crippen molar-refractivity contribution in [2.75, 3.05) is 4.90 Å². The number of allylic oxidation sites excluding steroid dienone is 2. The van der Waals surface area contributed by atoms with Gasteiger partial charge in [-0.25, -0.2) is 0 Å². The van der Waals surface area contributed by atoms with Gasteiger partial charge >= 0.3 is 0 Å². The first-order valence-electron chi connectivity index (χ1n) is 16.9. The highest BCUT2D eigenvalue weighted by atomic mass is 15.2. The Labute approximate surface area is 278 Å². The van der Waals surface area contributed by atoms with E-state index < -0.39 is 0 Å². The second kappa shape index (κ2) is 9.70. The smallest absolute Gasteiger partial charge is 0.0629 e. The highest BCUT2D eigenvalue weighted by Crippen LogP contribution is 2.50. The number of nitrogens with zero attached hydrogens (tertiary/aromatic N) is 2. The molecule has 11 rings (SSSR count). The summed E-state index contributed by atoms with van der Waals surface area (Å²) in [5.74, 6) is 0.267. The van der Waals surface area contributed by atoms with Crippen molar-refractivity contribution in [3.63, 3.8) is 0 Å². The fourth-order valence-electron chi connectivity index (χ4n) is 8.80. The molecular weight excluding hydrogens is 581 g/mol. The first-order valence-corrected chi connectivity index (χ1v) is 16.9. The molecule has 0 radical (unpaired) electrons. The molecule has 1 aromatic heterocycles. The summed E-state index contributed by atoms with van der Waals surface area (Å²) in [6.07, 6.45) is 9.17. The Morgan fingerprint density at radius 1 is 0.438 bits per heavy atom. The van der Waals surface area contributed by atoms with Crippen LogP contribution in [0.2, 0.25) is 0 Å². The van der Waals surface area contributed by atoms with E-state index >= 15 is 0 Å². The lowest BCUT2D eigenvalue weighted by molar-refractivity contribution is 0.745. The Bertz CT molecular complexity index is 2870. The van der Waals surface area contributed by atoms with E-state index in [9.17, 15) is 0 Å². The summed E-state index contributed by atoms with van der Waals surface area (Å²) in [7, 11) is 0. The van der Waals surface area contributed by atoms with Crippen molar-refractivity contribution < 1.29 is 0 Å². The molecule has 2 unspecified atom stereocenters. The highest BCUT2D eigenvalue weighted by molar-refractivity contribution is 6.35. The van der Waals surface area contributed by atoms with E-state index in [-0.39, 0.29) is 12.0 Å². The zero-order valence-electron chi connectivity index (χ0n) is 26.2. The molecule has 2 atom stereocenters. The van der Waals surface area contributed by atoms with Crippen LogP contribution in [-0.2, 0) is 0 Å². The fourth-order valence-corrected chi connectivity index (χ4v) is 8.80. The number of fused-ring (bicyclic) bond motifs is 14. The van der Waals surface area contributed by atoms with E-state index in [0.717, 1.165) is 0 Å². The Morgan fingerprint density at radius 2 is 1.08 bits per heavy atom. The molecule has 8 aromatic carbocycles. The van der Waals surface area contributed by atoms with Gasteiger partial charge in [-0.2, -0.15) is 0 Å². The van der Waals surface area contributed by atoms with Gasteiger partial charge in [0.2, 0.25) is 0 Å². The van der Waals surface area contributed by atoms with Gasteiger partial charge in [0.15, 0.2) is 0 Å². The largest absolute Gasteiger partial charge is 0.333 e. The lowest BCUT2D eigenvalue weighted by atomic mass is 9.91. The number of aromatic nitrogens is 1. The van der Waals surface area contributed by atoms with E-state index in [2.05, 4.69) is 179 Å². The van der Waals surface area contributed by atoms with E-state index in [1.54, 1.807) is 0 Å². The summed E-state index contributed by atoms with van der Waals surface area (Å²) in [6, 6.07) is 54.3. The van der Waals surface area contributed by atoms with Gasteiger partial charge in [0.05, 0.1) is 17.1 Å². The molecule has 0 spiro atoms. The molecule has 0 fully saturated rings. The molecule has 9 aromatic rings. The maximum Gasteiger partial charge on any atom is 0.0629 e. The van der Waals surface area contributed by atoms with Gasteiger partial charge in [0.25, 0.3) is 0 Å². The minimum absolute atomic E-state index is 0.230. The van der Waals surface area contributed by atoms with Crippen LogP contribution in [0.3, 0.4) is 0 Å². The lowest BCUT2D eigenvalue weighted by Crippen LogP contribution is -2.28. The lowest BCUT2D eigenvalue weighted by Gasteiger charge is -2.29. The SMILES string of the molecule is C1=CC2c3cc(-n4c5ccc6ccccc6c5c5c6ccccc6c6ccccc6c54)ccc3N(c3ccc4ccccc4c3)C2C=C1. The molecule has 0 saturated heterocycles. The number of rotatable bonds is 2. The minimum Gasteiger partial charge on any atom is -0.333 e. The number of anilines is 2. The van der Waals surface area contributed by atoms with Crippen molar-refractivity contribution in [3.05, 3.63) is 175 Å². The molecule has 2 heterocycles. The fraction of sp³-hybridized carbons (Fsp3) is 0.0435. The van der Waals surface area contributed by atoms with E-state index in [4.69, 9.17) is 0 Å². The van der Waals surface area contributed by atoms with E-state index in [1.165, 1.54) is 87.5 Å².